The summed E-state index contributed by atoms with van der Waals surface area (Å²) < 4.78 is 11.2. The predicted octanol–water partition coefficient (Wildman–Crippen LogP) is 2.38. The summed E-state index contributed by atoms with van der Waals surface area (Å²) in [6.07, 6.45) is 3.79. The van der Waals surface area contributed by atoms with Gasteiger partial charge in [-0.15, -0.1) is 18.2 Å². The molecule has 1 unspecified atom stereocenters. The van der Waals surface area contributed by atoms with Crippen LogP contribution >= 0.6 is 11.8 Å². The maximum atomic E-state index is 13.6. The fourth-order valence-electron chi connectivity index (χ4n) is 3.85. The molecule has 8 heteroatoms. The lowest BCUT2D eigenvalue weighted by Crippen LogP contribution is -2.68. The van der Waals surface area contributed by atoms with Crippen LogP contribution in [-0.2, 0) is 23.9 Å². The number of β-lactam (4-membered cyclic amide) rings is 1. The van der Waals surface area contributed by atoms with Gasteiger partial charge in [0.2, 0.25) is 5.91 Å². The molecule has 33 heavy (non-hydrogen) atoms. The van der Waals surface area contributed by atoms with Gasteiger partial charge in [-0.3, -0.25) is 14.5 Å². The van der Waals surface area contributed by atoms with Crippen molar-refractivity contribution in [2.45, 2.75) is 30.5 Å². The van der Waals surface area contributed by atoms with Crippen LogP contribution in [0.4, 0.5) is 0 Å². The Labute approximate surface area is 195 Å². The van der Waals surface area contributed by atoms with Crippen LogP contribution in [0, 0.1) is 12.3 Å². The summed E-state index contributed by atoms with van der Waals surface area (Å²) in [5.74, 6) is 0.932. The van der Waals surface area contributed by atoms with E-state index in [1.165, 1.54) is 23.6 Å². The van der Waals surface area contributed by atoms with E-state index in [2.05, 4.69) is 5.92 Å². The molecule has 2 heterocycles. The number of ether oxygens (including phenoxy) is 2. The minimum Gasteiger partial charge on any atom is -0.448 e. The maximum Gasteiger partial charge on any atom is 0.356 e. The van der Waals surface area contributed by atoms with E-state index in [4.69, 9.17) is 21.6 Å². The summed E-state index contributed by atoms with van der Waals surface area (Å²) in [6.45, 7) is 1.23. The monoisotopic (exact) mass is 462 g/mol. The highest BCUT2D eigenvalue weighted by molar-refractivity contribution is 8.00. The van der Waals surface area contributed by atoms with Gasteiger partial charge in [-0.25, -0.2) is 4.79 Å². The minimum atomic E-state index is -1.10. The third-order valence-corrected chi connectivity index (χ3v) is 6.74. The second kappa shape index (κ2) is 9.53. The highest BCUT2D eigenvalue weighted by Gasteiger charge is 2.53. The number of benzene rings is 2. The Bertz CT molecular complexity index is 1100. The van der Waals surface area contributed by atoms with Gasteiger partial charge in [-0.05, 0) is 11.1 Å². The van der Waals surface area contributed by atoms with E-state index in [0.29, 0.717) is 5.57 Å². The van der Waals surface area contributed by atoms with E-state index in [1.54, 1.807) is 0 Å². The van der Waals surface area contributed by atoms with E-state index >= 15 is 0 Å². The zero-order valence-electron chi connectivity index (χ0n) is 17.8. The smallest absolute Gasteiger partial charge is 0.356 e. The molecule has 1 saturated heterocycles. The first-order valence-electron chi connectivity index (χ1n) is 10.3. The lowest BCUT2D eigenvalue weighted by molar-refractivity contribution is -0.153. The molecular formula is C25H22N2O5S. The van der Waals surface area contributed by atoms with Gasteiger partial charge in [0.1, 0.15) is 17.1 Å². The topological polar surface area (TPSA) is 98.9 Å². The van der Waals surface area contributed by atoms with Crippen molar-refractivity contribution in [1.29, 1.82) is 0 Å². The number of amides is 1. The van der Waals surface area contributed by atoms with Gasteiger partial charge < -0.3 is 15.2 Å². The molecule has 1 fully saturated rings. The molecule has 2 aliphatic heterocycles. The zero-order valence-corrected chi connectivity index (χ0v) is 18.7. The summed E-state index contributed by atoms with van der Waals surface area (Å²) in [4.78, 5) is 39.1. The van der Waals surface area contributed by atoms with Gasteiger partial charge in [-0.2, -0.15) is 0 Å². The van der Waals surface area contributed by atoms with Crippen LogP contribution in [0.2, 0.25) is 0 Å². The quantitative estimate of drug-likeness (QED) is 0.400. The first kappa shape index (κ1) is 22.6. The molecule has 2 aromatic rings. The summed E-state index contributed by atoms with van der Waals surface area (Å²) in [6, 6.07) is 17.8. The van der Waals surface area contributed by atoms with Crippen LogP contribution in [-0.4, -0.2) is 46.0 Å². The number of carbonyl (C=O) groups is 3. The normalized spacial score (nSPS) is 20.4. The molecule has 7 nitrogen and oxygen atoms in total. The fourth-order valence-corrected chi connectivity index (χ4v) is 5.17. The van der Waals surface area contributed by atoms with Gasteiger partial charge in [-0.1, -0.05) is 66.6 Å². The number of hydrogen-bond donors (Lipinski definition) is 1. The molecule has 0 radical (unpaired) electrons. The van der Waals surface area contributed by atoms with Crippen LogP contribution in [0.1, 0.15) is 24.2 Å². The number of fused-ring (bicyclic) bond motifs is 1. The van der Waals surface area contributed by atoms with Crippen molar-refractivity contribution in [1.82, 2.24) is 4.90 Å². The number of terminal acetylenes is 1. The number of hydrogen-bond acceptors (Lipinski definition) is 7. The first-order chi connectivity index (χ1) is 15.9. The average molecular weight is 463 g/mol. The van der Waals surface area contributed by atoms with E-state index < -0.39 is 41.5 Å². The van der Waals surface area contributed by atoms with Gasteiger partial charge in [0, 0.05) is 18.2 Å². The minimum absolute atomic E-state index is 0.00786. The van der Waals surface area contributed by atoms with Crippen molar-refractivity contribution in [2.24, 2.45) is 5.73 Å². The Morgan fingerprint density at radius 2 is 1.67 bits per heavy atom. The number of carbonyl (C=O) groups excluding carboxylic acids is 3. The predicted molar refractivity (Wildman–Crippen MR) is 123 cm³/mol. The fraction of sp³-hybridized carbons (Fsp3) is 0.240. The highest BCUT2D eigenvalue weighted by atomic mass is 32.2. The first-order valence-corrected chi connectivity index (χ1v) is 11.3. The largest absolute Gasteiger partial charge is 0.448 e. The number of nitrogens with zero attached hydrogens (tertiary/aromatic N) is 1. The maximum absolute atomic E-state index is 13.6. The van der Waals surface area contributed by atoms with Gasteiger partial charge >= 0.3 is 11.9 Å². The van der Waals surface area contributed by atoms with Crippen LogP contribution in [0.15, 0.2) is 71.9 Å². The number of esters is 2. The molecule has 168 valence electrons. The molecule has 0 saturated carbocycles. The molecule has 1 amide bonds. The van der Waals surface area contributed by atoms with Crippen molar-refractivity contribution >= 4 is 29.6 Å². The van der Waals surface area contributed by atoms with Crippen molar-refractivity contribution in [3.8, 4) is 12.3 Å². The standard InChI is InChI=1S/C25H22N2O5S/c1-3-19(31-15(2)28)18-14-33-24-20(26)23(29)27(24)21(18)25(30)32-22(16-10-6-4-7-11-16)17-12-8-5-9-13-17/h1,4-13,19-20,22,24H,14,26H2,2H3/t19?,20-,24+/m0/s1. The Kier molecular flexibility index (Phi) is 6.54. The van der Waals surface area contributed by atoms with Crippen molar-refractivity contribution < 1.29 is 23.9 Å². The van der Waals surface area contributed by atoms with E-state index in [1.807, 2.05) is 60.7 Å². The number of nitrogens with two attached hydrogens (primary N) is 1. The van der Waals surface area contributed by atoms with E-state index in [-0.39, 0.29) is 11.4 Å². The molecule has 0 aliphatic carbocycles. The molecule has 0 aromatic heterocycles. The van der Waals surface area contributed by atoms with Crippen LogP contribution in [0.3, 0.4) is 0 Å². The summed E-state index contributed by atoms with van der Waals surface area (Å²) in [5, 5.41) is -0.411. The van der Waals surface area contributed by atoms with Gasteiger partial charge in [0.25, 0.3) is 0 Å². The second-order valence-electron chi connectivity index (χ2n) is 7.57. The average Bonchev–Trinajstić information content (AvgIpc) is 2.85. The van der Waals surface area contributed by atoms with Crippen molar-refractivity contribution in [2.75, 3.05) is 5.75 Å². The number of rotatable bonds is 6. The van der Waals surface area contributed by atoms with Crippen molar-refractivity contribution in [3.63, 3.8) is 0 Å². The summed E-state index contributed by atoms with van der Waals surface area (Å²) >= 11 is 1.36. The number of thioether (sulfide) groups is 1. The molecule has 0 spiro atoms. The lowest BCUT2D eigenvalue weighted by atomic mass is 9.99. The van der Waals surface area contributed by atoms with Gasteiger partial charge in [0.15, 0.2) is 12.2 Å². The molecule has 2 aromatic carbocycles. The molecular weight excluding hydrogens is 440 g/mol. The third-order valence-electron chi connectivity index (χ3n) is 5.41. The van der Waals surface area contributed by atoms with Crippen molar-refractivity contribution in [3.05, 3.63) is 83.1 Å². The molecule has 2 aliphatic rings. The van der Waals surface area contributed by atoms with E-state index in [9.17, 15) is 14.4 Å². The molecule has 3 atom stereocenters. The van der Waals surface area contributed by atoms with Crippen LogP contribution in [0.5, 0.6) is 0 Å². The second-order valence-corrected chi connectivity index (χ2v) is 8.68. The Hall–Kier alpha value is -3.54. The third kappa shape index (κ3) is 4.38. The van der Waals surface area contributed by atoms with Crippen LogP contribution in [0.25, 0.3) is 0 Å². The molecule has 2 N–H and O–H groups in total. The summed E-state index contributed by atoms with van der Waals surface area (Å²) in [7, 11) is 0. The zero-order chi connectivity index (χ0) is 23.5. The highest BCUT2D eigenvalue weighted by Crippen LogP contribution is 2.42. The summed E-state index contributed by atoms with van der Waals surface area (Å²) in [5.41, 5.74) is 7.80. The lowest BCUT2D eigenvalue weighted by Gasteiger charge is -2.48. The van der Waals surface area contributed by atoms with Crippen LogP contribution < -0.4 is 5.73 Å². The Morgan fingerprint density at radius 1 is 1.09 bits per heavy atom. The Morgan fingerprint density at radius 3 is 2.18 bits per heavy atom. The molecule has 0 bridgehead atoms. The SMILES string of the molecule is C#CC(OC(C)=O)C1=C(C(=O)OC(c2ccccc2)c2ccccc2)N2C(=O)[C@H](N)[C@H]2SC1. The van der Waals surface area contributed by atoms with E-state index in [0.717, 1.165) is 11.1 Å². The molecule has 4 rings (SSSR count). The van der Waals surface area contributed by atoms with Gasteiger partial charge in [0.05, 0.1) is 0 Å². The Balaban J connectivity index is 1.75.